The summed E-state index contributed by atoms with van der Waals surface area (Å²) in [6.45, 7) is 2.05. The lowest BCUT2D eigenvalue weighted by atomic mass is 10.1. The van der Waals surface area contributed by atoms with Crippen LogP contribution in [0.3, 0.4) is 0 Å². The SMILES string of the molecule is N#Cc1cc(-c2ccnc(Cc3cccc(Cn4ccnn4)c3)n2)ccc1OC1CCOCC1. The molecule has 34 heavy (non-hydrogen) atoms. The predicted octanol–water partition coefficient (Wildman–Crippen LogP) is 3.80. The Morgan fingerprint density at radius 3 is 2.76 bits per heavy atom. The average molecular weight is 453 g/mol. The van der Waals surface area contributed by atoms with Crippen molar-refractivity contribution in [1.82, 2.24) is 25.0 Å². The zero-order valence-electron chi connectivity index (χ0n) is 18.7. The van der Waals surface area contributed by atoms with Crippen molar-refractivity contribution in [2.24, 2.45) is 0 Å². The summed E-state index contributed by atoms with van der Waals surface area (Å²) in [7, 11) is 0. The van der Waals surface area contributed by atoms with Crippen LogP contribution in [0.4, 0.5) is 0 Å². The highest BCUT2D eigenvalue weighted by Crippen LogP contribution is 2.27. The molecule has 8 heteroatoms. The molecule has 2 aromatic heterocycles. The zero-order valence-corrected chi connectivity index (χ0v) is 18.7. The van der Waals surface area contributed by atoms with Gasteiger partial charge in [-0.15, -0.1) is 5.10 Å². The van der Waals surface area contributed by atoms with Crippen LogP contribution in [-0.4, -0.2) is 44.3 Å². The van der Waals surface area contributed by atoms with Crippen LogP contribution in [0.15, 0.2) is 67.1 Å². The summed E-state index contributed by atoms with van der Waals surface area (Å²) < 4.78 is 13.3. The highest BCUT2D eigenvalue weighted by molar-refractivity contribution is 5.64. The number of rotatable bonds is 7. The predicted molar refractivity (Wildman–Crippen MR) is 125 cm³/mol. The lowest BCUT2D eigenvalue weighted by Gasteiger charge is -2.23. The molecule has 170 valence electrons. The van der Waals surface area contributed by atoms with Crippen molar-refractivity contribution in [1.29, 1.82) is 5.26 Å². The van der Waals surface area contributed by atoms with Crippen LogP contribution in [0.1, 0.15) is 35.4 Å². The van der Waals surface area contributed by atoms with Crippen LogP contribution in [0.2, 0.25) is 0 Å². The molecule has 1 aliphatic rings. The highest BCUT2D eigenvalue weighted by atomic mass is 16.5. The molecule has 1 fully saturated rings. The van der Waals surface area contributed by atoms with Crippen LogP contribution in [0.5, 0.6) is 5.75 Å². The molecule has 1 saturated heterocycles. The van der Waals surface area contributed by atoms with Crippen molar-refractivity contribution in [3.05, 3.63) is 89.6 Å². The van der Waals surface area contributed by atoms with Crippen LogP contribution >= 0.6 is 0 Å². The number of nitriles is 1. The minimum absolute atomic E-state index is 0.0812. The molecule has 8 nitrogen and oxygen atoms in total. The first kappa shape index (κ1) is 21.7. The van der Waals surface area contributed by atoms with Gasteiger partial charge in [0, 0.05) is 37.2 Å². The maximum atomic E-state index is 9.69. The number of hydrogen-bond donors (Lipinski definition) is 0. The second kappa shape index (κ2) is 10.2. The van der Waals surface area contributed by atoms with Crippen molar-refractivity contribution >= 4 is 0 Å². The molecule has 0 saturated carbocycles. The molecule has 5 rings (SSSR count). The van der Waals surface area contributed by atoms with Gasteiger partial charge < -0.3 is 9.47 Å². The van der Waals surface area contributed by atoms with E-state index in [-0.39, 0.29) is 6.10 Å². The standard InChI is InChI=1S/C26H24N6O2/c27-17-22-16-21(4-5-25(22)34-23-7-12-33-13-8-23)24-6-9-28-26(30-24)15-19-2-1-3-20(14-19)18-32-11-10-29-31-32/h1-6,9-11,14,16,23H,7-8,12-13,15,18H2. The van der Waals surface area contributed by atoms with E-state index in [1.165, 1.54) is 0 Å². The molecule has 0 N–H and O–H groups in total. The monoisotopic (exact) mass is 452 g/mol. The van der Waals surface area contributed by atoms with E-state index in [4.69, 9.17) is 14.5 Å². The lowest BCUT2D eigenvalue weighted by Crippen LogP contribution is -2.26. The maximum Gasteiger partial charge on any atom is 0.137 e. The summed E-state index contributed by atoms with van der Waals surface area (Å²) >= 11 is 0. The number of ether oxygens (including phenoxy) is 2. The van der Waals surface area contributed by atoms with E-state index < -0.39 is 0 Å². The van der Waals surface area contributed by atoms with Gasteiger partial charge in [0.05, 0.1) is 37.2 Å². The van der Waals surface area contributed by atoms with Crippen molar-refractivity contribution in [3.8, 4) is 23.1 Å². The summed E-state index contributed by atoms with van der Waals surface area (Å²) in [4.78, 5) is 9.22. The molecule has 4 aromatic rings. The van der Waals surface area contributed by atoms with E-state index in [2.05, 4.69) is 39.6 Å². The zero-order chi connectivity index (χ0) is 23.2. The highest BCUT2D eigenvalue weighted by Gasteiger charge is 2.17. The fourth-order valence-electron chi connectivity index (χ4n) is 4.02. The first-order valence-electron chi connectivity index (χ1n) is 11.3. The van der Waals surface area contributed by atoms with Gasteiger partial charge in [0.2, 0.25) is 0 Å². The van der Waals surface area contributed by atoms with Crippen molar-refractivity contribution in [3.63, 3.8) is 0 Å². The molecule has 1 aliphatic heterocycles. The quantitative estimate of drug-likeness (QED) is 0.420. The first-order chi connectivity index (χ1) is 16.8. The molecule has 0 unspecified atom stereocenters. The molecule has 2 aromatic carbocycles. The third-order valence-electron chi connectivity index (χ3n) is 5.73. The van der Waals surface area contributed by atoms with Gasteiger partial charge in [0.1, 0.15) is 23.7 Å². The largest absolute Gasteiger partial charge is 0.489 e. The van der Waals surface area contributed by atoms with Crippen LogP contribution in [0.25, 0.3) is 11.3 Å². The number of hydrogen-bond acceptors (Lipinski definition) is 7. The van der Waals surface area contributed by atoms with Gasteiger partial charge in [-0.1, -0.05) is 29.5 Å². The van der Waals surface area contributed by atoms with Gasteiger partial charge in [-0.2, -0.15) is 5.26 Å². The van der Waals surface area contributed by atoms with Crippen molar-refractivity contribution in [2.45, 2.75) is 31.9 Å². The minimum atomic E-state index is 0.0812. The second-order valence-corrected chi connectivity index (χ2v) is 8.21. The molecule has 0 spiro atoms. The fourth-order valence-corrected chi connectivity index (χ4v) is 4.02. The molecular weight excluding hydrogens is 428 g/mol. The van der Waals surface area contributed by atoms with E-state index in [1.807, 2.05) is 36.5 Å². The van der Waals surface area contributed by atoms with Gasteiger partial charge in [-0.3, -0.25) is 0 Å². The van der Waals surface area contributed by atoms with Gasteiger partial charge in [0.15, 0.2) is 0 Å². The first-order valence-corrected chi connectivity index (χ1v) is 11.3. The van der Waals surface area contributed by atoms with E-state index in [0.29, 0.717) is 37.5 Å². The average Bonchev–Trinajstić information content (AvgIpc) is 3.38. The molecule has 0 radical (unpaired) electrons. The summed E-state index contributed by atoms with van der Waals surface area (Å²) in [5, 5.41) is 17.6. The van der Waals surface area contributed by atoms with Gasteiger partial charge in [-0.05, 0) is 35.4 Å². The smallest absolute Gasteiger partial charge is 0.137 e. The summed E-state index contributed by atoms with van der Waals surface area (Å²) in [6.07, 6.45) is 7.63. The lowest BCUT2D eigenvalue weighted by molar-refractivity contribution is 0.0254. The number of aromatic nitrogens is 5. The molecule has 3 heterocycles. The normalized spacial score (nSPS) is 14.0. The van der Waals surface area contributed by atoms with E-state index in [1.54, 1.807) is 17.1 Å². The third kappa shape index (κ3) is 5.27. The summed E-state index contributed by atoms with van der Waals surface area (Å²) in [5.41, 5.74) is 4.40. The van der Waals surface area contributed by atoms with E-state index in [0.717, 1.165) is 41.1 Å². The van der Waals surface area contributed by atoms with Crippen molar-refractivity contribution < 1.29 is 9.47 Å². The van der Waals surface area contributed by atoms with Gasteiger partial charge in [0.25, 0.3) is 0 Å². The Morgan fingerprint density at radius 2 is 1.94 bits per heavy atom. The van der Waals surface area contributed by atoms with Gasteiger partial charge >= 0.3 is 0 Å². The van der Waals surface area contributed by atoms with E-state index in [9.17, 15) is 5.26 Å². The van der Waals surface area contributed by atoms with Crippen LogP contribution in [-0.2, 0) is 17.7 Å². The van der Waals surface area contributed by atoms with Crippen LogP contribution in [0, 0.1) is 11.3 Å². The number of nitrogens with zero attached hydrogens (tertiary/aromatic N) is 6. The van der Waals surface area contributed by atoms with Gasteiger partial charge in [-0.25, -0.2) is 14.6 Å². The molecule has 0 aliphatic carbocycles. The Bertz CT molecular complexity index is 1290. The Hall–Kier alpha value is -4.09. The van der Waals surface area contributed by atoms with Crippen molar-refractivity contribution in [2.75, 3.05) is 13.2 Å². The fraction of sp³-hybridized carbons (Fsp3) is 0.269. The Morgan fingerprint density at radius 1 is 1.06 bits per heavy atom. The molecular formula is C26H24N6O2. The molecule has 0 bridgehead atoms. The number of benzene rings is 2. The summed E-state index contributed by atoms with van der Waals surface area (Å²) in [6, 6.07) is 18.1. The molecule has 0 amide bonds. The van der Waals surface area contributed by atoms with E-state index >= 15 is 0 Å². The topological polar surface area (TPSA) is 98.7 Å². The Labute approximate surface area is 197 Å². The Balaban J connectivity index is 1.32. The third-order valence-corrected chi connectivity index (χ3v) is 5.73. The molecule has 0 atom stereocenters. The maximum absolute atomic E-state index is 9.69. The second-order valence-electron chi connectivity index (χ2n) is 8.21. The van der Waals surface area contributed by atoms with Crippen LogP contribution < -0.4 is 4.74 Å². The minimum Gasteiger partial charge on any atom is -0.489 e. The summed E-state index contributed by atoms with van der Waals surface area (Å²) in [5.74, 6) is 1.33. The Kier molecular flexibility index (Phi) is 6.54.